The highest BCUT2D eigenvalue weighted by molar-refractivity contribution is 5.35. The van der Waals surface area contributed by atoms with Gasteiger partial charge in [-0.3, -0.25) is 0 Å². The van der Waals surface area contributed by atoms with Crippen LogP contribution in [0.15, 0.2) is 12.4 Å². The van der Waals surface area contributed by atoms with Crippen molar-refractivity contribution < 1.29 is 5.11 Å². The number of piperidine rings is 1. The van der Waals surface area contributed by atoms with Crippen LogP contribution < -0.4 is 4.90 Å². The molecule has 0 radical (unpaired) electrons. The van der Waals surface area contributed by atoms with Crippen molar-refractivity contribution in [2.45, 2.75) is 13.3 Å². The van der Waals surface area contributed by atoms with Gasteiger partial charge >= 0.3 is 0 Å². The molecule has 0 bridgehead atoms. The number of fused-ring (bicyclic) bond motifs is 1. The van der Waals surface area contributed by atoms with Gasteiger partial charge in [0.15, 0.2) is 0 Å². The smallest absolute Gasteiger partial charge is 0.225 e. The van der Waals surface area contributed by atoms with E-state index in [4.69, 9.17) is 5.11 Å². The Balaban J connectivity index is 1.67. The Morgan fingerprint density at radius 3 is 2.44 bits per heavy atom. The summed E-state index contributed by atoms with van der Waals surface area (Å²) in [6.07, 6.45) is 4.81. The van der Waals surface area contributed by atoms with Crippen LogP contribution in [0.1, 0.15) is 12.5 Å². The van der Waals surface area contributed by atoms with E-state index in [-0.39, 0.29) is 0 Å². The lowest BCUT2D eigenvalue weighted by atomic mass is 10.3. The largest absolute Gasteiger partial charge is 0.396 e. The van der Waals surface area contributed by atoms with E-state index in [9.17, 15) is 0 Å². The average Bonchev–Trinajstić information content (AvgIpc) is 2.81. The van der Waals surface area contributed by atoms with Crippen molar-refractivity contribution in [3.05, 3.63) is 18.0 Å². The molecule has 2 fully saturated rings. The fourth-order valence-corrected chi connectivity index (χ4v) is 2.78. The van der Waals surface area contributed by atoms with Crippen molar-refractivity contribution in [2.75, 3.05) is 24.6 Å². The summed E-state index contributed by atoms with van der Waals surface area (Å²) in [6.45, 7) is 4.48. The Kier molecular flexibility index (Phi) is 2.32. The fraction of sp³-hybridized carbons (Fsp3) is 0.667. The van der Waals surface area contributed by atoms with Gasteiger partial charge in [0.05, 0.1) is 0 Å². The molecule has 2 atom stereocenters. The highest BCUT2D eigenvalue weighted by Gasteiger charge is 2.55. The molecule has 0 aromatic carbocycles. The molecule has 1 saturated heterocycles. The maximum Gasteiger partial charge on any atom is 0.225 e. The van der Waals surface area contributed by atoms with E-state index in [0.717, 1.165) is 25.5 Å². The van der Waals surface area contributed by atoms with Crippen molar-refractivity contribution in [3.63, 3.8) is 0 Å². The first kappa shape index (κ1) is 10.0. The van der Waals surface area contributed by atoms with Crippen LogP contribution in [0.2, 0.25) is 0 Å². The van der Waals surface area contributed by atoms with Crippen LogP contribution >= 0.6 is 0 Å². The Morgan fingerprint density at radius 1 is 1.31 bits per heavy atom. The highest BCUT2D eigenvalue weighted by atomic mass is 16.3. The first-order valence-corrected chi connectivity index (χ1v) is 6.00. The van der Waals surface area contributed by atoms with Crippen molar-refractivity contribution in [1.82, 2.24) is 9.97 Å². The minimum Gasteiger partial charge on any atom is -0.396 e. The molecular formula is C12H17N3O. The number of aromatic nitrogens is 2. The van der Waals surface area contributed by atoms with Crippen molar-refractivity contribution in [2.24, 2.45) is 17.8 Å². The summed E-state index contributed by atoms with van der Waals surface area (Å²) in [5, 5.41) is 9.09. The van der Waals surface area contributed by atoms with E-state index in [0.29, 0.717) is 24.4 Å². The van der Waals surface area contributed by atoms with Gasteiger partial charge in [0.25, 0.3) is 0 Å². The van der Waals surface area contributed by atoms with Gasteiger partial charge in [-0.05, 0) is 29.7 Å². The third-order valence-electron chi connectivity index (χ3n) is 3.96. The van der Waals surface area contributed by atoms with Crippen LogP contribution in [0, 0.1) is 17.8 Å². The molecule has 1 aromatic heterocycles. The number of nitrogens with zero attached hydrogens (tertiary/aromatic N) is 3. The summed E-state index contributed by atoms with van der Waals surface area (Å²) in [4.78, 5) is 11.0. The van der Waals surface area contributed by atoms with Gasteiger partial charge < -0.3 is 10.0 Å². The summed E-state index contributed by atoms with van der Waals surface area (Å²) >= 11 is 0. The number of rotatable bonds is 3. The molecule has 1 N–H and O–H groups in total. The Hall–Kier alpha value is -1.16. The molecular weight excluding hydrogens is 202 g/mol. The Morgan fingerprint density at radius 2 is 1.94 bits per heavy atom. The summed E-state index contributed by atoms with van der Waals surface area (Å²) in [5.41, 5.74) is 1.18. The predicted octanol–water partition coefficient (Wildman–Crippen LogP) is 0.714. The quantitative estimate of drug-likeness (QED) is 0.813. The zero-order valence-corrected chi connectivity index (χ0v) is 9.50. The zero-order valence-electron chi connectivity index (χ0n) is 9.50. The average molecular weight is 219 g/mol. The molecule has 4 nitrogen and oxygen atoms in total. The summed E-state index contributed by atoms with van der Waals surface area (Å²) in [7, 11) is 0. The van der Waals surface area contributed by atoms with E-state index in [2.05, 4.69) is 21.8 Å². The van der Waals surface area contributed by atoms with E-state index in [1.807, 2.05) is 12.4 Å². The lowest BCUT2D eigenvalue weighted by molar-refractivity contribution is 0.260. The van der Waals surface area contributed by atoms with E-state index >= 15 is 0 Å². The monoisotopic (exact) mass is 219 g/mol. The molecule has 2 aliphatic rings. The first-order valence-electron chi connectivity index (χ1n) is 6.00. The SMILES string of the molecule is CCc1cnc(N2CC3C(CO)C3C2)nc1. The molecule has 0 spiro atoms. The van der Waals surface area contributed by atoms with Crippen LogP contribution in [-0.2, 0) is 6.42 Å². The van der Waals surface area contributed by atoms with E-state index < -0.39 is 0 Å². The molecule has 1 saturated carbocycles. The van der Waals surface area contributed by atoms with Crippen LogP contribution in [0.3, 0.4) is 0 Å². The van der Waals surface area contributed by atoms with Crippen molar-refractivity contribution >= 4 is 5.95 Å². The van der Waals surface area contributed by atoms with Gasteiger partial charge in [-0.2, -0.15) is 0 Å². The summed E-state index contributed by atoms with van der Waals surface area (Å²) in [6, 6.07) is 0. The van der Waals surface area contributed by atoms with Gasteiger partial charge in [-0.15, -0.1) is 0 Å². The molecule has 2 heterocycles. The summed E-state index contributed by atoms with van der Waals surface area (Å²) in [5.74, 6) is 2.76. The summed E-state index contributed by atoms with van der Waals surface area (Å²) < 4.78 is 0. The number of hydrogen-bond donors (Lipinski definition) is 1. The molecule has 1 aromatic rings. The van der Waals surface area contributed by atoms with Crippen molar-refractivity contribution in [1.29, 1.82) is 0 Å². The normalized spacial score (nSPS) is 31.6. The molecule has 2 unspecified atom stereocenters. The number of hydrogen-bond acceptors (Lipinski definition) is 4. The fourth-order valence-electron chi connectivity index (χ4n) is 2.78. The van der Waals surface area contributed by atoms with Crippen LogP contribution in [0.25, 0.3) is 0 Å². The Labute approximate surface area is 95.3 Å². The van der Waals surface area contributed by atoms with E-state index in [1.54, 1.807) is 0 Å². The first-order chi connectivity index (χ1) is 7.83. The molecule has 0 amide bonds. The number of aryl methyl sites for hydroxylation is 1. The lowest BCUT2D eigenvalue weighted by Gasteiger charge is -2.19. The van der Waals surface area contributed by atoms with Gasteiger partial charge in [0, 0.05) is 32.1 Å². The number of aliphatic hydroxyl groups is 1. The number of aliphatic hydroxyl groups excluding tert-OH is 1. The minimum atomic E-state index is 0.346. The zero-order chi connectivity index (χ0) is 11.1. The van der Waals surface area contributed by atoms with E-state index in [1.165, 1.54) is 5.56 Å². The molecule has 86 valence electrons. The molecule has 16 heavy (non-hydrogen) atoms. The molecule has 4 heteroatoms. The highest BCUT2D eigenvalue weighted by Crippen LogP contribution is 2.51. The van der Waals surface area contributed by atoms with Crippen molar-refractivity contribution in [3.8, 4) is 0 Å². The molecule has 1 aliphatic carbocycles. The molecule has 1 aliphatic heterocycles. The van der Waals surface area contributed by atoms with Gasteiger partial charge in [-0.25, -0.2) is 9.97 Å². The number of anilines is 1. The van der Waals surface area contributed by atoms with Gasteiger partial charge in [0.1, 0.15) is 0 Å². The topological polar surface area (TPSA) is 49.2 Å². The second-order valence-corrected chi connectivity index (χ2v) is 4.82. The lowest BCUT2D eigenvalue weighted by Crippen LogP contribution is -2.26. The molecule has 3 rings (SSSR count). The standard InChI is InChI=1S/C12H17N3O/c1-2-8-3-13-12(14-4-8)15-5-9-10(6-15)11(9)7-16/h3-4,9-11,16H,2,5-7H2,1H3. The van der Waals surface area contributed by atoms with Crippen LogP contribution in [0.5, 0.6) is 0 Å². The maximum absolute atomic E-state index is 9.09. The predicted molar refractivity (Wildman–Crippen MR) is 61.2 cm³/mol. The second-order valence-electron chi connectivity index (χ2n) is 4.82. The third-order valence-corrected chi connectivity index (χ3v) is 3.96. The van der Waals surface area contributed by atoms with Crippen LogP contribution in [-0.4, -0.2) is 34.8 Å². The van der Waals surface area contributed by atoms with Crippen LogP contribution in [0.4, 0.5) is 5.95 Å². The Bertz CT molecular complexity index is 366. The maximum atomic E-state index is 9.09. The second kappa shape index (κ2) is 3.70. The third kappa shape index (κ3) is 1.48. The minimum absolute atomic E-state index is 0.346. The van der Waals surface area contributed by atoms with Gasteiger partial charge in [-0.1, -0.05) is 6.92 Å². The van der Waals surface area contributed by atoms with Gasteiger partial charge in [0.2, 0.25) is 5.95 Å².